The van der Waals surface area contributed by atoms with Crippen LogP contribution in [0.15, 0.2) is 182 Å². The smallest absolute Gasteiger partial charge is 0.206 e. The van der Waals surface area contributed by atoms with Gasteiger partial charge in [0.15, 0.2) is 0 Å². The Hall–Kier alpha value is -10.9. The summed E-state index contributed by atoms with van der Waals surface area (Å²) in [5.41, 5.74) is 37.1. The second-order valence-electron chi connectivity index (χ2n) is 41.3. The molecular weight excluding hydrogens is 1610 g/mol. The number of aromatic nitrogens is 5. The SMILES string of the molecule is Cc1cc(C)c(C)c(-c2ccc3c(CC(C)C)cccc3[n+]2C)c1.[2H]C([2H])([2H])c1cc(C)cc(-c2ccc3c(C(C)C)c(F)c(C(C)C)cc3[n+]2C)c1C.[2H]C([2H])([2H])c1cc(C)cc(-c2ccc3c(CC(C)C)c(F)c(CC(C)C)cc3[n+]2C)c1C.[2H]C([2H])([2H])c1cc(C)cc(-c2ccc3c(CC(C)C)cc(CC(C)C)cc3[n+]2C)c1C.[2H]C([2H])([2H])c1cc(C)cc(-c2ccc3ccc(CC(C)C)cc3[n+]2C)c1C. The van der Waals surface area contributed by atoms with E-state index in [1.54, 1.807) is 24.3 Å². The number of rotatable bonds is 19. The second kappa shape index (κ2) is 43.0. The van der Waals surface area contributed by atoms with Crippen LogP contribution in [0.3, 0.4) is 0 Å². The summed E-state index contributed by atoms with van der Waals surface area (Å²) in [7, 11) is 10.3. The Labute approximate surface area is 811 Å². The molecule has 0 saturated carbocycles. The molecule has 5 aromatic heterocycles. The molecule has 15 rings (SSSR count). The highest BCUT2D eigenvalue weighted by molar-refractivity contribution is 5.87. The van der Waals surface area contributed by atoms with Crippen LogP contribution in [0.5, 0.6) is 0 Å². The predicted molar refractivity (Wildman–Crippen MR) is 563 cm³/mol. The molecule has 132 heavy (non-hydrogen) atoms. The van der Waals surface area contributed by atoms with Gasteiger partial charge in [0.25, 0.3) is 0 Å². The maximum atomic E-state index is 15.5. The molecule has 0 aliphatic heterocycles. The molecule has 0 bridgehead atoms. The van der Waals surface area contributed by atoms with Crippen molar-refractivity contribution in [1.82, 2.24) is 0 Å². The molecular formula is C125H158F2N5+5. The summed E-state index contributed by atoms with van der Waals surface area (Å²) in [6.07, 6.45) is 5.64. The van der Waals surface area contributed by atoms with E-state index in [4.69, 9.17) is 16.4 Å². The van der Waals surface area contributed by atoms with Crippen LogP contribution in [0.4, 0.5) is 8.78 Å². The van der Waals surface area contributed by atoms with Gasteiger partial charge in [-0.2, -0.15) is 22.8 Å². The van der Waals surface area contributed by atoms with E-state index in [9.17, 15) is 0 Å². The minimum Gasteiger partial charge on any atom is -0.206 e. The van der Waals surface area contributed by atoms with Gasteiger partial charge < -0.3 is 0 Å². The number of hydrogen-bond acceptors (Lipinski definition) is 0. The maximum absolute atomic E-state index is 15.5. The zero-order valence-corrected chi connectivity index (χ0v) is 85.7. The van der Waals surface area contributed by atoms with Crippen molar-refractivity contribution < 1.29 is 48.1 Å². The molecule has 0 aliphatic carbocycles. The van der Waals surface area contributed by atoms with Crippen LogP contribution in [0.1, 0.15) is 267 Å². The standard InChI is InChI=1S/C27H35FN.C27H36N.C25H31FN.2C23H28N/c1-16(2)11-21-15-26-22(24(27(21)28)12-17(3)4)9-10-25(29(26)8)23-14-18(5)13-19(6)20(23)7;1-17(2)11-22-15-23(12-18(3)4)24-9-10-26(28(8)27(24)16-22)25-14-19(5)13-20(6)21(25)7;1-14(2)20-13-23-19(24(15(3)4)25(20)26)9-10-22(27(23)8)21-12-16(5)11-17(6)18(21)7;1-15(2)11-19-7-8-20-9-10-22(24(6)23(20)14-19)21-13-16(3)12-17(4)18(21)5;1-15(2)12-19-8-7-9-22-20(19)10-11-23(24(22)6)21-14-16(3)13-17(4)18(21)5/h9-10,13-17H,11-12H2,1-8H3;9-10,13-18H,11-12H2,1-8H3;9-15H,1-8H3;7-10,12-15H,11H2,1-6H3;7-11,13-15H,12H2,1-6H3/q5*+1/i3*6D3;4D3;. The summed E-state index contributed by atoms with van der Waals surface area (Å²) in [6, 6.07) is 63.0. The zero-order chi connectivity index (χ0) is 107. The minimum atomic E-state index is -2.17. The lowest BCUT2D eigenvalue weighted by Gasteiger charge is -2.17. The highest BCUT2D eigenvalue weighted by Crippen LogP contribution is 2.39. The summed E-state index contributed by atoms with van der Waals surface area (Å²) in [6.45, 7) is 48.0. The van der Waals surface area contributed by atoms with Gasteiger partial charge in [-0.3, -0.25) is 0 Å². The molecule has 5 heterocycles. The molecule has 0 fully saturated rings. The monoisotopic (exact) mass is 1780 g/mol. The van der Waals surface area contributed by atoms with Crippen LogP contribution >= 0.6 is 0 Å². The topological polar surface area (TPSA) is 19.4 Å². The highest BCUT2D eigenvalue weighted by atomic mass is 19.1. The largest absolute Gasteiger partial charge is 0.213 e. The van der Waals surface area contributed by atoms with Gasteiger partial charge >= 0.3 is 0 Å². The van der Waals surface area contributed by atoms with E-state index in [1.165, 1.54) is 82.9 Å². The molecule has 10 aromatic carbocycles. The molecule has 692 valence electrons. The van der Waals surface area contributed by atoms with E-state index in [-0.39, 0.29) is 23.5 Å². The van der Waals surface area contributed by atoms with E-state index in [0.717, 1.165) is 154 Å². The lowest BCUT2D eigenvalue weighted by Crippen LogP contribution is -2.33. The molecule has 0 amide bonds. The van der Waals surface area contributed by atoms with Gasteiger partial charge in [-0.15, -0.1) is 0 Å². The number of pyridine rings is 5. The third-order valence-electron chi connectivity index (χ3n) is 26.4. The summed E-state index contributed by atoms with van der Waals surface area (Å²) in [5, 5.41) is 5.68. The molecule has 0 aliphatic rings. The summed E-state index contributed by atoms with van der Waals surface area (Å²) in [4.78, 5) is 0. The number of fused-ring (bicyclic) bond motifs is 5. The van der Waals surface area contributed by atoms with Gasteiger partial charge in [-0.25, -0.2) is 8.78 Å². The predicted octanol–water partition coefficient (Wildman–Crippen LogP) is 31.0. The van der Waals surface area contributed by atoms with Crippen molar-refractivity contribution in [3.8, 4) is 56.3 Å². The van der Waals surface area contributed by atoms with Crippen molar-refractivity contribution in [2.75, 3.05) is 0 Å². The van der Waals surface area contributed by atoms with E-state index < -0.39 is 27.4 Å². The van der Waals surface area contributed by atoms with Gasteiger partial charge in [0.05, 0.1) is 10.8 Å². The van der Waals surface area contributed by atoms with Crippen LogP contribution in [0.2, 0.25) is 0 Å². The number of benzene rings is 10. The molecule has 5 nitrogen and oxygen atoms in total. The van der Waals surface area contributed by atoms with E-state index in [1.807, 2.05) is 146 Å². The van der Waals surface area contributed by atoms with Crippen molar-refractivity contribution in [2.45, 2.75) is 265 Å². The Kier molecular flexibility index (Phi) is 27.8. The summed E-state index contributed by atoms with van der Waals surface area (Å²) in [5.74, 6) is 3.08. The van der Waals surface area contributed by atoms with Crippen molar-refractivity contribution in [3.63, 3.8) is 0 Å². The lowest BCUT2D eigenvalue weighted by molar-refractivity contribution is -0.633. The highest BCUT2D eigenvalue weighted by Gasteiger charge is 2.30. The molecule has 0 N–H and O–H groups in total. The molecule has 15 aromatic rings. The molecule has 0 unspecified atom stereocenters. The molecule has 0 radical (unpaired) electrons. The summed E-state index contributed by atoms with van der Waals surface area (Å²) < 4.78 is 137. The second-order valence-corrected chi connectivity index (χ2v) is 41.3. The van der Waals surface area contributed by atoms with Crippen LogP contribution in [0, 0.1) is 151 Å². The Balaban J connectivity index is 0.000000172. The average molecular weight is 1780 g/mol. The Morgan fingerprint density at radius 1 is 0.265 bits per heavy atom. The number of halogens is 2. The van der Waals surface area contributed by atoms with Crippen molar-refractivity contribution >= 4 is 54.5 Å². The van der Waals surface area contributed by atoms with Crippen molar-refractivity contribution in [3.05, 3.63) is 322 Å². The van der Waals surface area contributed by atoms with Gasteiger partial charge in [0.2, 0.25) is 56.1 Å². The van der Waals surface area contributed by atoms with Crippen molar-refractivity contribution in [1.29, 1.82) is 0 Å². The third kappa shape index (κ3) is 22.9. The summed E-state index contributed by atoms with van der Waals surface area (Å²) >= 11 is 0. The van der Waals surface area contributed by atoms with Crippen molar-refractivity contribution in [2.24, 2.45) is 70.7 Å². The third-order valence-corrected chi connectivity index (χ3v) is 26.4. The van der Waals surface area contributed by atoms with E-state index in [2.05, 4.69) is 257 Å². The first kappa shape index (κ1) is 85.3. The van der Waals surface area contributed by atoms with Gasteiger partial charge in [0, 0.05) is 132 Å². The molecule has 0 atom stereocenters. The number of hydrogen-bond donors (Lipinski definition) is 0. The fourth-order valence-electron chi connectivity index (χ4n) is 19.5. The zero-order valence-electron chi connectivity index (χ0n) is 97.7. The van der Waals surface area contributed by atoms with Gasteiger partial charge in [-0.1, -0.05) is 193 Å². The molecule has 0 saturated heterocycles. The number of nitrogens with zero attached hydrogens (tertiary/aromatic N) is 5. The van der Waals surface area contributed by atoms with Crippen LogP contribution in [-0.2, 0) is 73.8 Å². The van der Waals surface area contributed by atoms with Gasteiger partial charge in [-0.05, 0) is 345 Å². The van der Waals surface area contributed by atoms with E-state index in [0.29, 0.717) is 76.2 Å². The Morgan fingerprint density at radius 2 is 0.598 bits per heavy atom. The first-order valence-electron chi connectivity index (χ1n) is 54.1. The van der Waals surface area contributed by atoms with Crippen LogP contribution in [0.25, 0.3) is 111 Å². The van der Waals surface area contributed by atoms with Gasteiger partial charge in [0.1, 0.15) is 46.9 Å². The minimum absolute atomic E-state index is 0.0555. The first-order valence-corrected chi connectivity index (χ1v) is 48.1. The maximum Gasteiger partial charge on any atom is 0.213 e. The molecule has 0 spiro atoms. The van der Waals surface area contributed by atoms with E-state index >= 15 is 8.78 Å². The normalized spacial score (nSPS) is 13.4. The lowest BCUT2D eigenvalue weighted by atomic mass is 9.90. The fraction of sp³-hybridized carbons (Fsp3) is 0.400. The average Bonchev–Trinajstić information content (AvgIpc) is 0.756. The quantitative estimate of drug-likeness (QED) is 0.0719. The first-order chi connectivity index (χ1) is 67.0. The Morgan fingerprint density at radius 3 is 1.02 bits per heavy atom. The fourth-order valence-corrected chi connectivity index (χ4v) is 19.5. The van der Waals surface area contributed by atoms with Crippen LogP contribution < -0.4 is 22.8 Å². The number of aryl methyl sites for hydroxylation is 15. The Bertz CT molecular complexity index is 7300. The van der Waals surface area contributed by atoms with Crippen LogP contribution in [-0.4, -0.2) is 0 Å². The molecule has 7 heteroatoms.